The van der Waals surface area contributed by atoms with E-state index in [0.717, 1.165) is 33.7 Å². The maximum absolute atomic E-state index is 12.8. The number of hydrogen-bond donors (Lipinski definition) is 1. The molecule has 0 aliphatic rings. The number of nitrogens with zero attached hydrogens (tertiary/aromatic N) is 1. The van der Waals surface area contributed by atoms with Crippen molar-refractivity contribution in [1.82, 2.24) is 5.32 Å². The van der Waals surface area contributed by atoms with Crippen molar-refractivity contribution in [3.63, 3.8) is 0 Å². The Balaban J connectivity index is 1.80. The highest BCUT2D eigenvalue weighted by Crippen LogP contribution is 2.24. The van der Waals surface area contributed by atoms with Crippen molar-refractivity contribution >= 4 is 32.4 Å². The molecular formula is C23H26N2O3S. The molecular weight excluding hydrogens is 384 g/mol. The number of aryl methyl sites for hydroxylation is 2. The van der Waals surface area contributed by atoms with Crippen LogP contribution in [0.1, 0.15) is 23.6 Å². The highest BCUT2D eigenvalue weighted by molar-refractivity contribution is 7.92. The summed E-state index contributed by atoms with van der Waals surface area (Å²) in [6.45, 7) is 5.75. The number of nitrogens with one attached hydrogen (secondary N) is 1. The number of benzene rings is 3. The van der Waals surface area contributed by atoms with Crippen LogP contribution in [0.3, 0.4) is 0 Å². The van der Waals surface area contributed by atoms with Crippen LogP contribution in [0.25, 0.3) is 10.8 Å². The molecule has 1 atom stereocenters. The van der Waals surface area contributed by atoms with Crippen molar-refractivity contribution in [3.8, 4) is 0 Å². The summed E-state index contributed by atoms with van der Waals surface area (Å²) in [7, 11) is -3.64. The molecule has 0 fully saturated rings. The maximum atomic E-state index is 12.8. The minimum atomic E-state index is -3.64. The van der Waals surface area contributed by atoms with Crippen molar-refractivity contribution in [2.24, 2.45) is 0 Å². The molecule has 0 aliphatic heterocycles. The first-order chi connectivity index (χ1) is 13.6. The third kappa shape index (κ3) is 4.95. The normalized spacial score (nSPS) is 12.6. The van der Waals surface area contributed by atoms with Crippen LogP contribution in [0.4, 0.5) is 5.69 Å². The molecule has 6 heteroatoms. The van der Waals surface area contributed by atoms with E-state index >= 15 is 0 Å². The number of carbonyl (C=O) groups excluding carboxylic acids is 1. The number of carbonyl (C=O) groups is 1. The van der Waals surface area contributed by atoms with E-state index in [4.69, 9.17) is 0 Å². The summed E-state index contributed by atoms with van der Waals surface area (Å²) in [4.78, 5) is 12.8. The summed E-state index contributed by atoms with van der Waals surface area (Å²) in [5, 5.41) is 5.10. The van der Waals surface area contributed by atoms with Crippen LogP contribution in [-0.2, 0) is 21.4 Å². The van der Waals surface area contributed by atoms with E-state index < -0.39 is 16.1 Å². The van der Waals surface area contributed by atoms with Crippen molar-refractivity contribution < 1.29 is 13.2 Å². The molecule has 0 heterocycles. The fourth-order valence-corrected chi connectivity index (χ4v) is 4.73. The van der Waals surface area contributed by atoms with Gasteiger partial charge in [0.15, 0.2) is 0 Å². The fourth-order valence-electron chi connectivity index (χ4n) is 3.57. The van der Waals surface area contributed by atoms with Crippen LogP contribution in [0, 0.1) is 13.8 Å². The Bertz CT molecular complexity index is 1140. The molecule has 3 aromatic carbocycles. The monoisotopic (exact) mass is 410 g/mol. The van der Waals surface area contributed by atoms with Gasteiger partial charge in [0.05, 0.1) is 11.9 Å². The van der Waals surface area contributed by atoms with E-state index in [1.807, 2.05) is 62.4 Å². The topological polar surface area (TPSA) is 66.5 Å². The van der Waals surface area contributed by atoms with Gasteiger partial charge < -0.3 is 5.32 Å². The van der Waals surface area contributed by atoms with E-state index in [9.17, 15) is 13.2 Å². The second kappa shape index (κ2) is 8.25. The zero-order valence-corrected chi connectivity index (χ0v) is 18.0. The van der Waals surface area contributed by atoms with E-state index in [-0.39, 0.29) is 5.91 Å². The van der Waals surface area contributed by atoms with Crippen LogP contribution in [0.15, 0.2) is 60.7 Å². The average molecular weight is 411 g/mol. The largest absolute Gasteiger partial charge is 0.350 e. The molecule has 3 rings (SSSR count). The van der Waals surface area contributed by atoms with Gasteiger partial charge in [0.25, 0.3) is 0 Å². The number of anilines is 1. The van der Waals surface area contributed by atoms with E-state index in [1.54, 1.807) is 19.1 Å². The summed E-state index contributed by atoms with van der Waals surface area (Å²) in [5.41, 5.74) is 3.34. The second-order valence-electron chi connectivity index (χ2n) is 7.48. The van der Waals surface area contributed by atoms with Crippen molar-refractivity contribution in [1.29, 1.82) is 0 Å². The van der Waals surface area contributed by atoms with Gasteiger partial charge >= 0.3 is 0 Å². The Morgan fingerprint density at radius 2 is 1.59 bits per heavy atom. The van der Waals surface area contributed by atoms with Crippen LogP contribution in [0.5, 0.6) is 0 Å². The van der Waals surface area contributed by atoms with Gasteiger partial charge in [-0.2, -0.15) is 0 Å². The molecule has 1 N–H and O–H groups in total. The lowest BCUT2D eigenvalue weighted by Gasteiger charge is -2.28. The summed E-state index contributed by atoms with van der Waals surface area (Å²) >= 11 is 0. The van der Waals surface area contributed by atoms with E-state index in [0.29, 0.717) is 12.2 Å². The zero-order chi connectivity index (χ0) is 21.2. The van der Waals surface area contributed by atoms with Gasteiger partial charge in [-0.05, 0) is 66.4 Å². The van der Waals surface area contributed by atoms with Crippen LogP contribution < -0.4 is 9.62 Å². The maximum Gasteiger partial charge on any atom is 0.243 e. The Hall–Kier alpha value is -2.86. The SMILES string of the molecule is Cc1cc(C)cc(N(C(C)C(=O)NCc2ccc3ccccc3c2)S(C)(=O)=O)c1. The molecule has 0 spiro atoms. The molecule has 3 aromatic rings. The Morgan fingerprint density at radius 3 is 2.21 bits per heavy atom. The first-order valence-corrected chi connectivity index (χ1v) is 11.3. The van der Waals surface area contributed by atoms with Gasteiger partial charge in [0.1, 0.15) is 6.04 Å². The molecule has 0 saturated heterocycles. The van der Waals surface area contributed by atoms with Gasteiger partial charge in [-0.15, -0.1) is 0 Å². The fraction of sp³-hybridized carbons (Fsp3) is 0.261. The van der Waals surface area contributed by atoms with Gasteiger partial charge in [0, 0.05) is 6.54 Å². The molecule has 1 amide bonds. The standard InChI is InChI=1S/C23H26N2O3S/c1-16-11-17(2)13-22(12-16)25(29(4,27)28)18(3)23(26)24-15-19-9-10-20-7-5-6-8-21(20)14-19/h5-14,18H,15H2,1-4H3,(H,24,26). The lowest BCUT2D eigenvalue weighted by Crippen LogP contribution is -2.47. The van der Waals surface area contributed by atoms with Crippen LogP contribution in [0.2, 0.25) is 0 Å². The number of amides is 1. The first kappa shape index (κ1) is 20.9. The molecule has 0 bridgehead atoms. The third-order valence-corrected chi connectivity index (χ3v) is 6.07. The molecule has 152 valence electrons. The third-order valence-electron chi connectivity index (χ3n) is 4.83. The summed E-state index contributed by atoms with van der Waals surface area (Å²) in [5.74, 6) is -0.345. The quantitative estimate of drug-likeness (QED) is 0.670. The summed E-state index contributed by atoms with van der Waals surface area (Å²) in [6.07, 6.45) is 1.12. The Labute approximate surface area is 172 Å². The number of rotatable bonds is 6. The van der Waals surface area contributed by atoms with Crippen molar-refractivity contribution in [3.05, 3.63) is 77.4 Å². The average Bonchev–Trinajstić information content (AvgIpc) is 2.64. The first-order valence-electron chi connectivity index (χ1n) is 9.48. The minimum absolute atomic E-state index is 0.332. The zero-order valence-electron chi connectivity index (χ0n) is 17.1. The molecule has 0 radical (unpaired) electrons. The molecule has 1 unspecified atom stereocenters. The number of hydrogen-bond acceptors (Lipinski definition) is 3. The second-order valence-corrected chi connectivity index (χ2v) is 9.34. The predicted molar refractivity (Wildman–Crippen MR) is 118 cm³/mol. The predicted octanol–water partition coefficient (Wildman–Crippen LogP) is 3.93. The molecule has 5 nitrogen and oxygen atoms in total. The number of sulfonamides is 1. The highest BCUT2D eigenvalue weighted by Gasteiger charge is 2.29. The van der Waals surface area contributed by atoms with Gasteiger partial charge in [-0.25, -0.2) is 8.42 Å². The van der Waals surface area contributed by atoms with Crippen molar-refractivity contribution in [2.45, 2.75) is 33.4 Å². The lowest BCUT2D eigenvalue weighted by molar-refractivity contribution is -0.122. The van der Waals surface area contributed by atoms with Gasteiger partial charge in [-0.1, -0.05) is 42.5 Å². The Kier molecular flexibility index (Phi) is 5.94. The molecule has 0 aromatic heterocycles. The van der Waals surface area contributed by atoms with Gasteiger partial charge in [-0.3, -0.25) is 9.10 Å². The lowest BCUT2D eigenvalue weighted by atomic mass is 10.1. The van der Waals surface area contributed by atoms with E-state index in [1.165, 1.54) is 4.31 Å². The smallest absolute Gasteiger partial charge is 0.243 e. The summed E-state index contributed by atoms with van der Waals surface area (Å²) in [6, 6.07) is 18.7. The van der Waals surface area contributed by atoms with Crippen molar-refractivity contribution in [2.75, 3.05) is 10.6 Å². The molecule has 29 heavy (non-hydrogen) atoms. The highest BCUT2D eigenvalue weighted by atomic mass is 32.2. The minimum Gasteiger partial charge on any atom is -0.350 e. The van der Waals surface area contributed by atoms with Crippen LogP contribution >= 0.6 is 0 Å². The van der Waals surface area contributed by atoms with Crippen LogP contribution in [-0.4, -0.2) is 26.6 Å². The Morgan fingerprint density at radius 1 is 0.966 bits per heavy atom. The van der Waals surface area contributed by atoms with E-state index in [2.05, 4.69) is 5.32 Å². The number of fused-ring (bicyclic) bond motifs is 1. The molecule has 0 saturated carbocycles. The molecule has 0 aliphatic carbocycles. The van der Waals surface area contributed by atoms with Gasteiger partial charge in [0.2, 0.25) is 15.9 Å². The summed E-state index contributed by atoms with van der Waals surface area (Å²) < 4.78 is 26.1.